The Kier molecular flexibility index (Phi) is 7.65. The van der Waals surface area contributed by atoms with E-state index in [1.165, 1.54) is 40.8 Å². The number of nitrogens with zero attached hydrogens (tertiary/aromatic N) is 3. The summed E-state index contributed by atoms with van der Waals surface area (Å²) in [5, 5.41) is 1.31. The lowest BCUT2D eigenvalue weighted by atomic mass is 9.87. The van der Waals surface area contributed by atoms with Crippen LogP contribution in [0.2, 0.25) is 0 Å². The van der Waals surface area contributed by atoms with E-state index in [0.717, 1.165) is 38.5 Å². The number of hydrogen-bond acceptors (Lipinski definition) is 3. The molecule has 5 rings (SSSR count). The molecule has 2 aliphatic heterocycles. The van der Waals surface area contributed by atoms with Gasteiger partial charge in [-0.05, 0) is 73.3 Å². The molecule has 1 N–H and O–H groups in total. The maximum Gasteiger partial charge on any atom is 0.246 e. The fourth-order valence-corrected chi connectivity index (χ4v) is 5.47. The summed E-state index contributed by atoms with van der Waals surface area (Å²) in [4.78, 5) is 34.4. The predicted molar refractivity (Wildman–Crippen MR) is 140 cm³/mol. The average molecular weight is 507 g/mol. The molecule has 3 aromatic rings. The monoisotopic (exact) mass is 506 g/mol. The number of aromatic amines is 1. The van der Waals surface area contributed by atoms with Crippen LogP contribution in [0, 0.1) is 11.6 Å². The third-order valence-corrected chi connectivity index (χ3v) is 7.55. The van der Waals surface area contributed by atoms with E-state index >= 15 is 0 Å². The number of piperidine rings is 1. The van der Waals surface area contributed by atoms with Crippen molar-refractivity contribution < 1.29 is 18.4 Å². The van der Waals surface area contributed by atoms with Crippen molar-refractivity contribution in [2.24, 2.45) is 0 Å². The molecule has 194 valence electrons. The van der Waals surface area contributed by atoms with E-state index in [1.807, 2.05) is 11.1 Å². The molecule has 3 heterocycles. The minimum atomic E-state index is -0.682. The Hall–Kier alpha value is -3.52. The van der Waals surface area contributed by atoms with E-state index in [2.05, 4.69) is 34.1 Å². The van der Waals surface area contributed by atoms with Crippen LogP contribution < -0.4 is 0 Å². The van der Waals surface area contributed by atoms with Crippen molar-refractivity contribution in [2.75, 3.05) is 45.8 Å². The van der Waals surface area contributed by atoms with Gasteiger partial charge in [-0.15, -0.1) is 0 Å². The lowest BCUT2D eigenvalue weighted by Crippen LogP contribution is -2.50. The summed E-state index contributed by atoms with van der Waals surface area (Å²) in [6, 6.07) is 11.8. The molecule has 2 saturated heterocycles. The summed E-state index contributed by atoms with van der Waals surface area (Å²) in [7, 11) is 0. The van der Waals surface area contributed by atoms with Crippen LogP contribution in [0.5, 0.6) is 0 Å². The van der Waals surface area contributed by atoms with Gasteiger partial charge < -0.3 is 19.7 Å². The van der Waals surface area contributed by atoms with Crippen molar-refractivity contribution in [1.29, 1.82) is 0 Å². The third-order valence-electron chi connectivity index (χ3n) is 7.55. The van der Waals surface area contributed by atoms with Crippen LogP contribution in [0.15, 0.2) is 54.7 Å². The van der Waals surface area contributed by atoms with Crippen LogP contribution in [-0.4, -0.2) is 77.3 Å². The topological polar surface area (TPSA) is 59.7 Å². The molecule has 0 aliphatic carbocycles. The van der Waals surface area contributed by atoms with Gasteiger partial charge in [0.25, 0.3) is 0 Å². The number of rotatable bonds is 6. The number of piperazine rings is 1. The van der Waals surface area contributed by atoms with Gasteiger partial charge in [-0.25, -0.2) is 8.78 Å². The molecule has 37 heavy (non-hydrogen) atoms. The van der Waals surface area contributed by atoms with Crippen LogP contribution >= 0.6 is 0 Å². The Balaban J connectivity index is 1.04. The van der Waals surface area contributed by atoms with E-state index in [4.69, 9.17) is 0 Å². The van der Waals surface area contributed by atoms with E-state index in [0.29, 0.717) is 44.1 Å². The first-order valence-corrected chi connectivity index (χ1v) is 13.0. The van der Waals surface area contributed by atoms with Crippen molar-refractivity contribution in [2.45, 2.75) is 25.2 Å². The Bertz CT molecular complexity index is 1270. The van der Waals surface area contributed by atoms with Gasteiger partial charge in [0.05, 0.1) is 0 Å². The zero-order valence-corrected chi connectivity index (χ0v) is 20.8. The van der Waals surface area contributed by atoms with Crippen molar-refractivity contribution in [3.63, 3.8) is 0 Å². The maximum absolute atomic E-state index is 13.3. The third kappa shape index (κ3) is 6.07. The molecule has 0 unspecified atom stereocenters. The Morgan fingerprint density at radius 1 is 0.919 bits per heavy atom. The van der Waals surface area contributed by atoms with Crippen molar-refractivity contribution >= 4 is 28.8 Å². The largest absolute Gasteiger partial charge is 0.361 e. The summed E-state index contributed by atoms with van der Waals surface area (Å²) in [6.45, 7) is 4.62. The number of nitrogens with one attached hydrogen (secondary N) is 1. The molecule has 2 fully saturated rings. The molecule has 0 bridgehead atoms. The number of fused-ring (bicyclic) bond motifs is 1. The lowest BCUT2D eigenvalue weighted by molar-refractivity contribution is -0.137. The highest BCUT2D eigenvalue weighted by atomic mass is 19.1. The van der Waals surface area contributed by atoms with E-state index < -0.39 is 11.6 Å². The SMILES string of the molecule is O=C(/C=C/c1cc(F)cc(F)c1)N1CCN(C(=O)CCN2CCC(c3cccc4[nH]ccc34)CC2)CC1. The predicted octanol–water partition coefficient (Wildman–Crippen LogP) is 4.40. The Labute approximate surface area is 215 Å². The second-order valence-electron chi connectivity index (χ2n) is 9.89. The molecule has 1 aromatic heterocycles. The fourth-order valence-electron chi connectivity index (χ4n) is 5.47. The normalized spacial score (nSPS) is 17.7. The molecular formula is C29H32F2N4O2. The number of likely N-dealkylation sites (tertiary alicyclic amines) is 1. The number of amides is 2. The lowest BCUT2D eigenvalue weighted by Gasteiger charge is -2.35. The smallest absolute Gasteiger partial charge is 0.246 e. The summed E-state index contributed by atoms with van der Waals surface area (Å²) < 4.78 is 26.6. The van der Waals surface area contributed by atoms with Crippen molar-refractivity contribution in [1.82, 2.24) is 19.7 Å². The highest BCUT2D eigenvalue weighted by Gasteiger charge is 2.25. The molecule has 2 amide bonds. The van der Waals surface area contributed by atoms with Crippen LogP contribution in [0.25, 0.3) is 17.0 Å². The minimum absolute atomic E-state index is 0.122. The van der Waals surface area contributed by atoms with Gasteiger partial charge in [0.2, 0.25) is 11.8 Å². The van der Waals surface area contributed by atoms with Gasteiger partial charge in [-0.3, -0.25) is 9.59 Å². The number of H-pyrrole nitrogens is 1. The van der Waals surface area contributed by atoms with Gasteiger partial charge in [0.15, 0.2) is 0 Å². The van der Waals surface area contributed by atoms with Gasteiger partial charge in [-0.1, -0.05) is 12.1 Å². The first-order valence-electron chi connectivity index (χ1n) is 13.0. The molecule has 8 heteroatoms. The van der Waals surface area contributed by atoms with Crippen LogP contribution in [0.4, 0.5) is 8.78 Å². The first-order chi connectivity index (χ1) is 18.0. The van der Waals surface area contributed by atoms with Gasteiger partial charge in [-0.2, -0.15) is 0 Å². The van der Waals surface area contributed by atoms with Gasteiger partial charge >= 0.3 is 0 Å². The van der Waals surface area contributed by atoms with E-state index in [-0.39, 0.29) is 11.8 Å². The summed E-state index contributed by atoms with van der Waals surface area (Å²) in [5.74, 6) is -0.922. The molecule has 2 aromatic carbocycles. The van der Waals surface area contributed by atoms with E-state index in [9.17, 15) is 18.4 Å². The standard InChI is InChI=1S/C29H32F2N4O2/c30-23-18-21(19-24(31)20-23)4-5-28(36)34-14-16-35(17-15-34)29(37)9-13-33-11-7-22(8-12-33)25-2-1-3-27-26(25)6-10-32-27/h1-6,10,18-20,22,32H,7-9,11-17H2/b5-4+. The fraction of sp³-hybridized carbons (Fsp3) is 0.379. The summed E-state index contributed by atoms with van der Waals surface area (Å²) in [5.41, 5.74) is 2.90. The second kappa shape index (κ2) is 11.3. The zero-order valence-electron chi connectivity index (χ0n) is 20.8. The quantitative estimate of drug-likeness (QED) is 0.505. The molecule has 2 aliphatic rings. The number of benzene rings is 2. The summed E-state index contributed by atoms with van der Waals surface area (Å²) >= 11 is 0. The molecule has 0 atom stereocenters. The molecule has 0 radical (unpaired) electrons. The van der Waals surface area contributed by atoms with Crippen LogP contribution in [-0.2, 0) is 9.59 Å². The second-order valence-corrected chi connectivity index (χ2v) is 9.89. The number of aromatic nitrogens is 1. The van der Waals surface area contributed by atoms with Crippen LogP contribution in [0.3, 0.4) is 0 Å². The van der Waals surface area contributed by atoms with Gasteiger partial charge in [0, 0.05) is 68.4 Å². The number of carbonyl (C=O) groups is 2. The Morgan fingerprint density at radius 3 is 2.35 bits per heavy atom. The van der Waals surface area contributed by atoms with E-state index in [1.54, 1.807) is 4.90 Å². The number of carbonyl (C=O) groups excluding carboxylic acids is 2. The Morgan fingerprint density at radius 2 is 1.62 bits per heavy atom. The number of halogens is 2. The van der Waals surface area contributed by atoms with Gasteiger partial charge in [0.1, 0.15) is 11.6 Å². The molecule has 6 nitrogen and oxygen atoms in total. The average Bonchev–Trinajstić information content (AvgIpc) is 3.39. The molecule has 0 spiro atoms. The summed E-state index contributed by atoms with van der Waals surface area (Å²) in [6.07, 6.45) is 7.40. The van der Waals surface area contributed by atoms with Crippen molar-refractivity contribution in [3.8, 4) is 0 Å². The minimum Gasteiger partial charge on any atom is -0.361 e. The maximum atomic E-state index is 13.3. The number of hydrogen-bond donors (Lipinski definition) is 1. The highest BCUT2D eigenvalue weighted by molar-refractivity contribution is 5.92. The highest BCUT2D eigenvalue weighted by Crippen LogP contribution is 2.32. The zero-order chi connectivity index (χ0) is 25.8. The molecule has 0 saturated carbocycles. The van der Waals surface area contributed by atoms with Crippen LogP contribution in [0.1, 0.15) is 36.3 Å². The van der Waals surface area contributed by atoms with Crippen molar-refractivity contribution in [3.05, 3.63) is 77.5 Å². The first kappa shape index (κ1) is 25.1. The molecular weight excluding hydrogens is 474 g/mol.